The summed E-state index contributed by atoms with van der Waals surface area (Å²) in [5.41, 5.74) is 3.33. The van der Waals surface area contributed by atoms with E-state index in [1.807, 2.05) is 38.1 Å². The van der Waals surface area contributed by atoms with Gasteiger partial charge in [0, 0.05) is 32.6 Å². The number of hydrogen-bond acceptors (Lipinski definition) is 5. The lowest BCUT2D eigenvalue weighted by Crippen LogP contribution is -2.19. The minimum Gasteiger partial charge on any atom is -0.308 e. The molecule has 4 rings (SSSR count). The van der Waals surface area contributed by atoms with Gasteiger partial charge in [0.15, 0.2) is 0 Å². The third-order valence-electron chi connectivity index (χ3n) is 4.28. The zero-order valence-corrected chi connectivity index (χ0v) is 17.3. The molecule has 7 nitrogen and oxygen atoms in total. The Morgan fingerprint density at radius 3 is 2.28 bits per heavy atom. The molecule has 0 fully saturated rings. The molecule has 2 N–H and O–H groups in total. The first-order chi connectivity index (χ1) is 14.0. The molecule has 0 aliphatic heterocycles. The van der Waals surface area contributed by atoms with E-state index in [0.29, 0.717) is 22.2 Å². The van der Waals surface area contributed by atoms with Crippen LogP contribution in [0.4, 0.5) is 16.2 Å². The number of nitrogens with one attached hydrogen (secondary N) is 2. The molecule has 9 heteroatoms. The third kappa shape index (κ3) is 4.33. The van der Waals surface area contributed by atoms with Gasteiger partial charge in [-0.05, 0) is 62.4 Å². The van der Waals surface area contributed by atoms with Crippen LogP contribution in [0.25, 0.3) is 5.78 Å². The highest BCUT2D eigenvalue weighted by atomic mass is 35.5. The number of urea groups is 1. The standard InChI is InChI=1S/C20H17ClN6OS/c1-12-13(2)24-19-22-11-23-27(19)18(12)29-17-9-7-16(8-10-17)26-20(28)25-15-5-3-14(21)4-6-15/h3-11H,1-2H3,(H2,25,26,28). The highest BCUT2D eigenvalue weighted by Gasteiger charge is 2.12. The molecule has 0 saturated heterocycles. The van der Waals surface area contributed by atoms with Gasteiger partial charge in [-0.2, -0.15) is 14.6 Å². The van der Waals surface area contributed by atoms with Crippen molar-refractivity contribution in [3.8, 4) is 0 Å². The molecule has 2 aromatic heterocycles. The van der Waals surface area contributed by atoms with Gasteiger partial charge < -0.3 is 10.6 Å². The average molecular weight is 425 g/mol. The maximum atomic E-state index is 12.2. The van der Waals surface area contributed by atoms with Crippen LogP contribution in [0.1, 0.15) is 11.3 Å². The Labute approximate surface area is 176 Å². The number of carbonyl (C=O) groups excluding carboxylic acids is 1. The van der Waals surface area contributed by atoms with E-state index >= 15 is 0 Å². The summed E-state index contributed by atoms with van der Waals surface area (Å²) in [5.74, 6) is 0.577. The number of aromatic nitrogens is 4. The molecule has 0 atom stereocenters. The molecule has 29 heavy (non-hydrogen) atoms. The van der Waals surface area contributed by atoms with E-state index in [1.165, 1.54) is 6.33 Å². The second kappa shape index (κ2) is 8.10. The van der Waals surface area contributed by atoms with Crippen molar-refractivity contribution >= 4 is 46.5 Å². The van der Waals surface area contributed by atoms with E-state index in [1.54, 1.807) is 40.5 Å². The van der Waals surface area contributed by atoms with Crippen LogP contribution in [0.15, 0.2) is 64.8 Å². The molecular formula is C20H17ClN6OS. The van der Waals surface area contributed by atoms with Crippen molar-refractivity contribution in [3.05, 3.63) is 71.1 Å². The number of carbonyl (C=O) groups is 1. The van der Waals surface area contributed by atoms with Crippen LogP contribution in [0.3, 0.4) is 0 Å². The fraction of sp³-hybridized carbons (Fsp3) is 0.100. The van der Waals surface area contributed by atoms with Crippen LogP contribution in [0, 0.1) is 13.8 Å². The Hall–Kier alpha value is -3.10. The Morgan fingerprint density at radius 1 is 1.00 bits per heavy atom. The van der Waals surface area contributed by atoms with Crippen LogP contribution in [0.2, 0.25) is 5.02 Å². The van der Waals surface area contributed by atoms with Crippen LogP contribution >= 0.6 is 23.4 Å². The molecule has 146 valence electrons. The number of benzene rings is 2. The SMILES string of the molecule is Cc1nc2ncnn2c(Sc2ccc(NC(=O)Nc3ccc(Cl)cc3)cc2)c1C. The van der Waals surface area contributed by atoms with Crippen molar-refractivity contribution in [2.75, 3.05) is 10.6 Å². The first-order valence-electron chi connectivity index (χ1n) is 8.78. The fourth-order valence-corrected chi connectivity index (χ4v) is 3.80. The molecule has 2 amide bonds. The molecule has 0 spiro atoms. The minimum atomic E-state index is -0.322. The van der Waals surface area contributed by atoms with Gasteiger partial charge in [-0.3, -0.25) is 0 Å². The monoisotopic (exact) mass is 424 g/mol. The largest absolute Gasteiger partial charge is 0.323 e. The lowest BCUT2D eigenvalue weighted by molar-refractivity contribution is 0.262. The van der Waals surface area contributed by atoms with E-state index in [-0.39, 0.29) is 6.03 Å². The van der Waals surface area contributed by atoms with Gasteiger partial charge in [-0.25, -0.2) is 9.78 Å². The predicted molar refractivity (Wildman–Crippen MR) is 115 cm³/mol. The first-order valence-corrected chi connectivity index (χ1v) is 9.97. The number of nitrogens with zero attached hydrogens (tertiary/aromatic N) is 4. The highest BCUT2D eigenvalue weighted by molar-refractivity contribution is 7.99. The van der Waals surface area contributed by atoms with Gasteiger partial charge >= 0.3 is 6.03 Å². The maximum Gasteiger partial charge on any atom is 0.323 e. The van der Waals surface area contributed by atoms with Crippen molar-refractivity contribution in [1.82, 2.24) is 19.6 Å². The number of rotatable bonds is 4. The summed E-state index contributed by atoms with van der Waals surface area (Å²) in [7, 11) is 0. The van der Waals surface area contributed by atoms with E-state index in [4.69, 9.17) is 11.6 Å². The molecule has 4 aromatic rings. The van der Waals surface area contributed by atoms with Gasteiger partial charge in [0.05, 0.1) is 0 Å². The summed E-state index contributed by atoms with van der Waals surface area (Å²) in [6.45, 7) is 3.98. The highest BCUT2D eigenvalue weighted by Crippen LogP contribution is 2.31. The molecule has 0 aliphatic rings. The molecule has 0 aliphatic carbocycles. The quantitative estimate of drug-likeness (QED) is 0.440. The first kappa shape index (κ1) is 19.2. The summed E-state index contributed by atoms with van der Waals surface area (Å²) in [5, 5.41) is 11.4. The molecular weight excluding hydrogens is 408 g/mol. The summed E-state index contributed by atoms with van der Waals surface area (Å²) in [4.78, 5) is 21.8. The Bertz CT molecular complexity index is 1170. The predicted octanol–water partition coefficient (Wildman–Crippen LogP) is 5.19. The van der Waals surface area contributed by atoms with Crippen molar-refractivity contribution in [1.29, 1.82) is 0 Å². The number of halogens is 1. The number of anilines is 2. The Balaban J connectivity index is 1.46. The lowest BCUT2D eigenvalue weighted by Gasteiger charge is -2.11. The summed E-state index contributed by atoms with van der Waals surface area (Å²) >= 11 is 7.43. The zero-order valence-electron chi connectivity index (χ0n) is 15.7. The molecule has 0 unspecified atom stereocenters. The normalized spacial score (nSPS) is 10.9. The van der Waals surface area contributed by atoms with Crippen molar-refractivity contribution in [3.63, 3.8) is 0 Å². The molecule has 0 radical (unpaired) electrons. The van der Waals surface area contributed by atoms with Gasteiger partial charge in [0.2, 0.25) is 0 Å². The lowest BCUT2D eigenvalue weighted by atomic mass is 10.3. The summed E-state index contributed by atoms with van der Waals surface area (Å²) in [6, 6.07) is 14.2. The number of aryl methyl sites for hydroxylation is 1. The number of fused-ring (bicyclic) bond motifs is 1. The number of amides is 2. The van der Waals surface area contributed by atoms with Crippen LogP contribution in [-0.2, 0) is 0 Å². The van der Waals surface area contributed by atoms with Crippen molar-refractivity contribution in [2.24, 2.45) is 0 Å². The van der Waals surface area contributed by atoms with E-state index in [0.717, 1.165) is 21.2 Å². The number of hydrogen-bond donors (Lipinski definition) is 2. The molecule has 0 bridgehead atoms. The molecule has 0 saturated carbocycles. The second-order valence-corrected chi connectivity index (χ2v) is 7.81. The summed E-state index contributed by atoms with van der Waals surface area (Å²) < 4.78 is 1.73. The third-order valence-corrected chi connectivity index (χ3v) is 5.71. The second-order valence-electron chi connectivity index (χ2n) is 6.31. The van der Waals surface area contributed by atoms with E-state index < -0.39 is 0 Å². The molecule has 2 aromatic carbocycles. The average Bonchev–Trinajstić information content (AvgIpc) is 3.16. The minimum absolute atomic E-state index is 0.322. The van der Waals surface area contributed by atoms with E-state index in [9.17, 15) is 4.79 Å². The smallest absolute Gasteiger partial charge is 0.308 e. The van der Waals surface area contributed by atoms with Gasteiger partial charge in [-0.15, -0.1) is 0 Å². The maximum absolute atomic E-state index is 12.2. The fourth-order valence-electron chi connectivity index (χ4n) is 2.67. The summed E-state index contributed by atoms with van der Waals surface area (Å²) in [6.07, 6.45) is 1.50. The van der Waals surface area contributed by atoms with Crippen LogP contribution in [0.5, 0.6) is 0 Å². The van der Waals surface area contributed by atoms with Crippen molar-refractivity contribution in [2.45, 2.75) is 23.8 Å². The van der Waals surface area contributed by atoms with Gasteiger partial charge in [0.25, 0.3) is 5.78 Å². The van der Waals surface area contributed by atoms with Crippen LogP contribution < -0.4 is 10.6 Å². The molecule has 2 heterocycles. The Kier molecular flexibility index (Phi) is 5.37. The van der Waals surface area contributed by atoms with Gasteiger partial charge in [-0.1, -0.05) is 23.4 Å². The Morgan fingerprint density at radius 2 is 1.62 bits per heavy atom. The van der Waals surface area contributed by atoms with Crippen LogP contribution in [-0.4, -0.2) is 25.6 Å². The zero-order chi connectivity index (χ0) is 20.4. The van der Waals surface area contributed by atoms with E-state index in [2.05, 4.69) is 25.7 Å². The topological polar surface area (TPSA) is 84.2 Å². The van der Waals surface area contributed by atoms with Gasteiger partial charge in [0.1, 0.15) is 11.4 Å². The van der Waals surface area contributed by atoms with Crippen molar-refractivity contribution < 1.29 is 4.79 Å².